The van der Waals surface area contributed by atoms with Crippen molar-refractivity contribution in [3.63, 3.8) is 0 Å². The summed E-state index contributed by atoms with van der Waals surface area (Å²) in [7, 11) is -0.683. The number of nitrogens with zero attached hydrogens (tertiary/aromatic N) is 1. The van der Waals surface area contributed by atoms with Crippen molar-refractivity contribution in [2.45, 2.75) is 43.9 Å². The fourth-order valence-electron chi connectivity index (χ4n) is 3.21. The average Bonchev–Trinajstić information content (AvgIpc) is 2.55. The van der Waals surface area contributed by atoms with Crippen LogP contribution in [-0.2, 0) is 10.8 Å². The smallest absolute Gasteiger partial charge is 0.0723 e. The van der Waals surface area contributed by atoms with Crippen LogP contribution >= 0.6 is 15.9 Å². The number of rotatable bonds is 4. The quantitative estimate of drug-likeness (QED) is 0.849. The van der Waals surface area contributed by atoms with Gasteiger partial charge >= 0.3 is 0 Å². The lowest BCUT2D eigenvalue weighted by Gasteiger charge is -2.30. The molecule has 1 aliphatic carbocycles. The number of fused-ring (bicyclic) bond motifs is 1. The highest BCUT2D eigenvalue weighted by Gasteiger charge is 2.25. The van der Waals surface area contributed by atoms with Gasteiger partial charge in [0, 0.05) is 49.6 Å². The average molecular weight is 381 g/mol. The van der Waals surface area contributed by atoms with E-state index in [4.69, 9.17) is 0 Å². The van der Waals surface area contributed by atoms with Crippen LogP contribution in [0.5, 0.6) is 0 Å². The number of aromatic nitrogens is 1. The van der Waals surface area contributed by atoms with E-state index in [1.165, 1.54) is 0 Å². The minimum Gasteiger partial charge on any atom is -0.382 e. The van der Waals surface area contributed by atoms with Crippen LogP contribution in [0.15, 0.2) is 34.9 Å². The lowest BCUT2D eigenvalue weighted by Crippen LogP contribution is -2.33. The number of benzene rings is 1. The van der Waals surface area contributed by atoms with Crippen molar-refractivity contribution in [1.29, 1.82) is 0 Å². The Morgan fingerprint density at radius 3 is 3.05 bits per heavy atom. The molecule has 1 aromatic carbocycles. The Balaban J connectivity index is 1.81. The molecule has 3 nitrogen and oxygen atoms in total. The van der Waals surface area contributed by atoms with Gasteiger partial charge in [-0.3, -0.25) is 9.19 Å². The second kappa shape index (κ2) is 7.09. The highest BCUT2D eigenvalue weighted by atomic mass is 79.9. The molecule has 5 heteroatoms. The molecule has 1 heterocycles. The van der Waals surface area contributed by atoms with Gasteiger partial charge in [-0.15, -0.1) is 0 Å². The van der Waals surface area contributed by atoms with Crippen LogP contribution < -0.4 is 5.32 Å². The number of hydrogen-bond donors (Lipinski definition) is 1. The third-order valence-electron chi connectivity index (χ3n) is 4.35. The predicted octanol–water partition coefficient (Wildman–Crippen LogP) is 4.49. The van der Waals surface area contributed by atoms with E-state index in [9.17, 15) is 4.21 Å². The molecule has 1 aromatic heterocycles. The van der Waals surface area contributed by atoms with Gasteiger partial charge in [-0.25, -0.2) is 0 Å². The van der Waals surface area contributed by atoms with Crippen molar-refractivity contribution in [1.82, 2.24) is 4.98 Å². The predicted molar refractivity (Wildman–Crippen MR) is 97.8 cm³/mol. The minimum atomic E-state index is -0.683. The first kappa shape index (κ1) is 15.9. The van der Waals surface area contributed by atoms with Crippen molar-refractivity contribution in [3.8, 4) is 0 Å². The van der Waals surface area contributed by atoms with E-state index in [1.807, 2.05) is 31.3 Å². The van der Waals surface area contributed by atoms with E-state index in [-0.39, 0.29) is 0 Å². The molecule has 3 rings (SSSR count). The summed E-state index contributed by atoms with van der Waals surface area (Å²) in [6, 6.07) is 8.59. The Hall–Kier alpha value is -0.940. The Morgan fingerprint density at radius 1 is 1.36 bits per heavy atom. The van der Waals surface area contributed by atoms with Crippen LogP contribution in [0.2, 0.25) is 0 Å². The molecule has 2 aromatic rings. The number of halogens is 1. The van der Waals surface area contributed by atoms with E-state index in [0.717, 1.165) is 52.5 Å². The molecule has 0 radical (unpaired) electrons. The van der Waals surface area contributed by atoms with Gasteiger partial charge in [0.1, 0.15) is 0 Å². The van der Waals surface area contributed by atoms with Gasteiger partial charge in [-0.1, -0.05) is 29.3 Å². The number of nitrogens with one attached hydrogen (secondary N) is 1. The summed E-state index contributed by atoms with van der Waals surface area (Å²) in [5, 5.41) is 5.14. The second-order valence-electron chi connectivity index (χ2n) is 5.82. The molecule has 1 N–H and O–H groups in total. The van der Waals surface area contributed by atoms with Gasteiger partial charge in [0.15, 0.2) is 0 Å². The van der Waals surface area contributed by atoms with E-state index in [0.29, 0.717) is 11.3 Å². The van der Waals surface area contributed by atoms with Crippen molar-refractivity contribution in [2.75, 3.05) is 11.1 Å². The molecule has 1 saturated carbocycles. The Labute approximate surface area is 142 Å². The Kier molecular flexibility index (Phi) is 5.14. The van der Waals surface area contributed by atoms with E-state index in [1.54, 1.807) is 0 Å². The van der Waals surface area contributed by atoms with Crippen LogP contribution in [0, 0.1) is 0 Å². The normalized spacial score (nSPS) is 23.4. The zero-order chi connectivity index (χ0) is 15.5. The fraction of sp³-hybridized carbons (Fsp3) is 0.471. The molecule has 118 valence electrons. The topological polar surface area (TPSA) is 42.0 Å². The third-order valence-corrected chi connectivity index (χ3v) is 6.58. The first-order chi connectivity index (χ1) is 10.7. The zero-order valence-corrected chi connectivity index (χ0v) is 15.1. The molecule has 3 atom stereocenters. The van der Waals surface area contributed by atoms with Gasteiger partial charge in [-0.05, 0) is 43.5 Å². The SMILES string of the molecule is CCS(=O)C1CCCC(Nc2ccnc3ccc(Br)cc23)C1. The summed E-state index contributed by atoms with van der Waals surface area (Å²) in [4.78, 5) is 4.42. The first-order valence-electron chi connectivity index (χ1n) is 7.85. The fourth-order valence-corrected chi connectivity index (χ4v) is 4.92. The van der Waals surface area contributed by atoms with Crippen LogP contribution in [0.25, 0.3) is 10.9 Å². The lowest BCUT2D eigenvalue weighted by molar-refractivity contribution is 0.465. The second-order valence-corrected chi connectivity index (χ2v) is 8.74. The summed E-state index contributed by atoms with van der Waals surface area (Å²) in [5.74, 6) is 0.766. The molecule has 3 unspecified atom stereocenters. The maximum Gasteiger partial charge on any atom is 0.0723 e. The van der Waals surface area contributed by atoms with Crippen LogP contribution in [0.1, 0.15) is 32.6 Å². The summed E-state index contributed by atoms with van der Waals surface area (Å²) in [5.41, 5.74) is 2.12. The van der Waals surface area contributed by atoms with Crippen LogP contribution in [0.4, 0.5) is 5.69 Å². The van der Waals surface area contributed by atoms with E-state index < -0.39 is 10.8 Å². The van der Waals surface area contributed by atoms with Crippen molar-refractivity contribution in [2.24, 2.45) is 0 Å². The maximum absolute atomic E-state index is 12.1. The molecule has 0 amide bonds. The number of hydrogen-bond acceptors (Lipinski definition) is 3. The lowest BCUT2D eigenvalue weighted by atomic mass is 9.94. The molecule has 0 saturated heterocycles. The summed E-state index contributed by atoms with van der Waals surface area (Å²) < 4.78 is 13.1. The van der Waals surface area contributed by atoms with Gasteiger partial charge < -0.3 is 5.32 Å². The molecule has 0 aliphatic heterocycles. The number of anilines is 1. The van der Waals surface area contributed by atoms with Crippen LogP contribution in [-0.4, -0.2) is 26.2 Å². The van der Waals surface area contributed by atoms with E-state index in [2.05, 4.69) is 32.3 Å². The molecule has 0 spiro atoms. The molecule has 22 heavy (non-hydrogen) atoms. The van der Waals surface area contributed by atoms with Gasteiger partial charge in [0.2, 0.25) is 0 Å². The third kappa shape index (κ3) is 3.51. The Bertz CT molecular complexity index is 691. The Morgan fingerprint density at radius 2 is 2.23 bits per heavy atom. The van der Waals surface area contributed by atoms with Crippen molar-refractivity contribution < 1.29 is 4.21 Å². The summed E-state index contributed by atoms with van der Waals surface area (Å²) in [6.07, 6.45) is 6.25. The molecule has 1 fully saturated rings. The van der Waals surface area contributed by atoms with Crippen molar-refractivity contribution >= 4 is 43.3 Å². The maximum atomic E-state index is 12.1. The highest BCUT2D eigenvalue weighted by molar-refractivity contribution is 9.10. The number of pyridine rings is 1. The summed E-state index contributed by atoms with van der Waals surface area (Å²) in [6.45, 7) is 2.01. The van der Waals surface area contributed by atoms with Crippen molar-refractivity contribution in [3.05, 3.63) is 34.9 Å². The molecular formula is C17H21BrN2OS. The van der Waals surface area contributed by atoms with Gasteiger partial charge in [0.25, 0.3) is 0 Å². The summed E-state index contributed by atoms with van der Waals surface area (Å²) >= 11 is 3.53. The van der Waals surface area contributed by atoms with Gasteiger partial charge in [-0.2, -0.15) is 0 Å². The molecule has 0 bridgehead atoms. The zero-order valence-electron chi connectivity index (χ0n) is 12.7. The monoisotopic (exact) mass is 380 g/mol. The largest absolute Gasteiger partial charge is 0.382 e. The van der Waals surface area contributed by atoms with Crippen LogP contribution in [0.3, 0.4) is 0 Å². The molecule has 1 aliphatic rings. The van der Waals surface area contributed by atoms with E-state index >= 15 is 0 Å². The first-order valence-corrected chi connectivity index (χ1v) is 10.0. The van der Waals surface area contributed by atoms with Gasteiger partial charge in [0.05, 0.1) is 5.52 Å². The highest BCUT2D eigenvalue weighted by Crippen LogP contribution is 2.29. The molecular weight excluding hydrogens is 360 g/mol. The standard InChI is InChI=1S/C17H21BrN2OS/c1-2-22(21)14-5-3-4-13(11-14)20-17-8-9-19-16-7-6-12(18)10-15(16)17/h6-10,13-14H,2-5,11H2,1H3,(H,19,20). The minimum absolute atomic E-state index is 0.344.